The van der Waals surface area contributed by atoms with Gasteiger partial charge < -0.3 is 0 Å². The molecular formula is C3H10Ge. The zero-order chi connectivity index (χ0) is 2.71. The number of allylic oxidation sites excluding steroid dienone is 1. The summed E-state index contributed by atoms with van der Waals surface area (Å²) in [7, 11) is 0. The third kappa shape index (κ3) is 47.0. The zero-order valence-electron chi connectivity index (χ0n) is 2.28. The molecule has 0 aliphatic heterocycles. The summed E-state index contributed by atoms with van der Waals surface area (Å²) in [6.45, 7) is 5.25. The van der Waals surface area contributed by atoms with E-state index in [1.165, 1.54) is 0 Å². The fourth-order valence-electron chi connectivity index (χ4n) is 0. The second kappa shape index (κ2) is 10.4. The first-order chi connectivity index (χ1) is 1.41. The Morgan fingerprint density at radius 1 is 1.75 bits per heavy atom. The first kappa shape index (κ1) is 8.86. The maximum absolute atomic E-state index is 3.36. The summed E-state index contributed by atoms with van der Waals surface area (Å²) in [6.07, 6.45) is 1.75. The van der Waals surface area contributed by atoms with Gasteiger partial charge in [0.1, 0.15) is 0 Å². The Kier molecular flexibility index (Phi) is 23.0. The van der Waals surface area contributed by atoms with Gasteiger partial charge in [-0.3, -0.25) is 0 Å². The Morgan fingerprint density at radius 3 is 1.75 bits per heavy atom. The van der Waals surface area contributed by atoms with Gasteiger partial charge in [-0.25, -0.2) is 0 Å². The molecule has 0 aromatic rings. The van der Waals surface area contributed by atoms with Gasteiger partial charge in [0.15, 0.2) is 0 Å². The van der Waals surface area contributed by atoms with E-state index in [0.29, 0.717) is 0 Å². The molecule has 0 saturated heterocycles. The van der Waals surface area contributed by atoms with E-state index in [4.69, 9.17) is 0 Å². The molecule has 0 aromatic carbocycles. The van der Waals surface area contributed by atoms with Crippen LogP contribution in [0.4, 0.5) is 0 Å². The van der Waals surface area contributed by atoms with Gasteiger partial charge in [0, 0.05) is 0 Å². The summed E-state index contributed by atoms with van der Waals surface area (Å²) in [5.74, 6) is 0. The third-order valence-corrected chi connectivity index (χ3v) is 0. The van der Waals surface area contributed by atoms with Crippen molar-refractivity contribution >= 4 is 17.6 Å². The fraction of sp³-hybridized carbons (Fsp3) is 0.333. The second-order valence-electron chi connectivity index (χ2n) is 0.408. The maximum atomic E-state index is 3.36. The van der Waals surface area contributed by atoms with Gasteiger partial charge in [-0.05, 0) is 6.92 Å². The normalized spacial score (nSPS) is 3.25. The molecule has 26 valence electrons. The summed E-state index contributed by atoms with van der Waals surface area (Å²) < 4.78 is 0. The van der Waals surface area contributed by atoms with Crippen LogP contribution in [-0.2, 0) is 0 Å². The molecule has 0 N–H and O–H groups in total. The van der Waals surface area contributed by atoms with Crippen molar-refractivity contribution < 1.29 is 0 Å². The molecule has 0 nitrogen and oxygen atoms in total. The van der Waals surface area contributed by atoms with E-state index >= 15 is 0 Å². The van der Waals surface area contributed by atoms with Crippen molar-refractivity contribution in [1.29, 1.82) is 0 Å². The number of hydrogen-bond acceptors (Lipinski definition) is 0. The summed E-state index contributed by atoms with van der Waals surface area (Å²) >= 11 is 0. The second-order valence-corrected chi connectivity index (χ2v) is 0.408. The van der Waals surface area contributed by atoms with Crippen LogP contribution in [0.3, 0.4) is 0 Å². The first-order valence-corrected chi connectivity index (χ1v) is 0.986. The molecule has 0 aromatic heterocycles. The van der Waals surface area contributed by atoms with E-state index in [9.17, 15) is 0 Å². The van der Waals surface area contributed by atoms with Crippen LogP contribution in [0.5, 0.6) is 0 Å². The van der Waals surface area contributed by atoms with Gasteiger partial charge in [-0.1, -0.05) is 6.08 Å². The van der Waals surface area contributed by atoms with E-state index in [1.54, 1.807) is 6.08 Å². The summed E-state index contributed by atoms with van der Waals surface area (Å²) in [5.41, 5.74) is 0. The molecule has 0 spiro atoms. The molecule has 0 saturated carbocycles. The van der Waals surface area contributed by atoms with Crippen molar-refractivity contribution in [1.82, 2.24) is 0 Å². The minimum absolute atomic E-state index is 0. The minimum atomic E-state index is 0. The summed E-state index contributed by atoms with van der Waals surface area (Å²) in [6, 6.07) is 0. The molecule has 0 atom stereocenters. The molecule has 0 rings (SSSR count). The van der Waals surface area contributed by atoms with Gasteiger partial charge >= 0.3 is 17.6 Å². The molecule has 4 heavy (non-hydrogen) atoms. The fourth-order valence-corrected chi connectivity index (χ4v) is 0. The average molecular weight is 119 g/mol. The van der Waals surface area contributed by atoms with Gasteiger partial charge in [0.25, 0.3) is 0 Å². The molecule has 0 fully saturated rings. The summed E-state index contributed by atoms with van der Waals surface area (Å²) in [5, 5.41) is 0. The van der Waals surface area contributed by atoms with Gasteiger partial charge in [0.2, 0.25) is 0 Å². The van der Waals surface area contributed by atoms with Gasteiger partial charge in [-0.15, -0.1) is 6.58 Å². The van der Waals surface area contributed by atoms with Crippen molar-refractivity contribution in [3.05, 3.63) is 12.7 Å². The van der Waals surface area contributed by atoms with Crippen LogP contribution in [0.15, 0.2) is 12.7 Å². The third-order valence-electron chi connectivity index (χ3n) is 0. The van der Waals surface area contributed by atoms with Crippen LogP contribution in [0.25, 0.3) is 0 Å². The van der Waals surface area contributed by atoms with Crippen LogP contribution in [0, 0.1) is 0 Å². The molecular weight excluding hydrogens is 109 g/mol. The van der Waals surface area contributed by atoms with E-state index in [2.05, 4.69) is 6.58 Å². The number of rotatable bonds is 0. The van der Waals surface area contributed by atoms with Crippen LogP contribution in [0.1, 0.15) is 6.92 Å². The Labute approximate surface area is 37.9 Å². The molecule has 0 aliphatic rings. The molecule has 0 aliphatic carbocycles. The molecule has 1 heteroatoms. The summed E-state index contributed by atoms with van der Waals surface area (Å²) in [4.78, 5) is 0. The van der Waals surface area contributed by atoms with Crippen molar-refractivity contribution in [3.8, 4) is 0 Å². The van der Waals surface area contributed by atoms with Crippen LogP contribution >= 0.6 is 0 Å². The zero-order valence-corrected chi connectivity index (χ0v) is 2.28. The first-order valence-electron chi connectivity index (χ1n) is 0.986. The standard InChI is InChI=1S/C3H6.GeH4/c1-3-2;/h3H,1H2,2H3;1H4. The Bertz CT molecular complexity index is 10.8. The van der Waals surface area contributed by atoms with Crippen LogP contribution in [0.2, 0.25) is 0 Å². The molecule has 0 unspecified atom stereocenters. The predicted octanol–water partition coefficient (Wildman–Crippen LogP) is -0.259. The quantitative estimate of drug-likeness (QED) is 0.304. The van der Waals surface area contributed by atoms with Gasteiger partial charge in [-0.2, -0.15) is 0 Å². The van der Waals surface area contributed by atoms with Crippen molar-refractivity contribution in [3.63, 3.8) is 0 Å². The topological polar surface area (TPSA) is 0 Å². The average Bonchev–Trinajstić information content (AvgIpc) is 0.918. The molecule has 0 amide bonds. The Morgan fingerprint density at radius 2 is 1.75 bits per heavy atom. The monoisotopic (exact) mass is 120 g/mol. The van der Waals surface area contributed by atoms with Crippen molar-refractivity contribution in [2.45, 2.75) is 6.92 Å². The molecule has 0 bridgehead atoms. The molecule has 0 heterocycles. The van der Waals surface area contributed by atoms with Gasteiger partial charge in [0.05, 0.1) is 0 Å². The van der Waals surface area contributed by atoms with E-state index in [1.807, 2.05) is 6.92 Å². The van der Waals surface area contributed by atoms with E-state index in [-0.39, 0.29) is 17.6 Å². The Balaban J connectivity index is 0. The van der Waals surface area contributed by atoms with Crippen molar-refractivity contribution in [2.24, 2.45) is 0 Å². The van der Waals surface area contributed by atoms with E-state index < -0.39 is 0 Å². The van der Waals surface area contributed by atoms with Crippen LogP contribution in [-0.4, -0.2) is 17.6 Å². The SMILES string of the molecule is C=CC.[GeH4]. The Hall–Kier alpha value is 0.283. The van der Waals surface area contributed by atoms with E-state index in [0.717, 1.165) is 0 Å². The van der Waals surface area contributed by atoms with Crippen LogP contribution < -0.4 is 0 Å². The predicted molar refractivity (Wildman–Crippen MR) is 27.2 cm³/mol. The molecule has 0 radical (unpaired) electrons. The number of hydrogen-bond donors (Lipinski definition) is 0. The van der Waals surface area contributed by atoms with Crippen molar-refractivity contribution in [2.75, 3.05) is 0 Å².